The molecule has 2 aliphatic heterocycles. The molecule has 2 aliphatic rings. The van der Waals surface area contributed by atoms with Crippen LogP contribution < -0.4 is 10.5 Å². The van der Waals surface area contributed by atoms with E-state index in [9.17, 15) is 0 Å². The minimum atomic E-state index is 0.112. The van der Waals surface area contributed by atoms with Gasteiger partial charge in [-0.05, 0) is 31.7 Å². The summed E-state index contributed by atoms with van der Waals surface area (Å²) < 4.78 is 11.6. The Bertz CT molecular complexity index is 470. The molecule has 0 unspecified atom stereocenters. The number of rotatable bonds is 4. The van der Waals surface area contributed by atoms with Crippen LogP contribution in [-0.2, 0) is 11.3 Å². The molecule has 4 heteroatoms. The van der Waals surface area contributed by atoms with Crippen LogP contribution in [0.4, 0.5) is 0 Å². The van der Waals surface area contributed by atoms with Crippen molar-refractivity contribution in [3.05, 3.63) is 29.8 Å². The molecule has 1 atom stereocenters. The molecular weight excluding hydrogens is 264 g/mol. The Labute approximate surface area is 127 Å². The van der Waals surface area contributed by atoms with E-state index in [-0.39, 0.29) is 11.7 Å². The van der Waals surface area contributed by atoms with Crippen LogP contribution in [0, 0.1) is 0 Å². The van der Waals surface area contributed by atoms with E-state index in [1.807, 2.05) is 12.1 Å². The van der Waals surface area contributed by atoms with Crippen LogP contribution in [0.15, 0.2) is 24.3 Å². The van der Waals surface area contributed by atoms with Gasteiger partial charge in [0.1, 0.15) is 5.75 Å². The third-order valence-corrected chi connectivity index (χ3v) is 4.96. The number of piperidine rings is 1. The summed E-state index contributed by atoms with van der Waals surface area (Å²) in [6.45, 7) is 3.80. The summed E-state index contributed by atoms with van der Waals surface area (Å²) in [7, 11) is 1.74. The first kappa shape index (κ1) is 14.8. The van der Waals surface area contributed by atoms with Crippen LogP contribution in [0.25, 0.3) is 0 Å². The summed E-state index contributed by atoms with van der Waals surface area (Å²) in [5, 5.41) is 0. The summed E-state index contributed by atoms with van der Waals surface area (Å²) in [6.07, 6.45) is 4.84. The molecule has 0 radical (unpaired) electrons. The minimum absolute atomic E-state index is 0.112. The highest BCUT2D eigenvalue weighted by Crippen LogP contribution is 2.39. The van der Waals surface area contributed by atoms with E-state index in [2.05, 4.69) is 17.0 Å². The lowest BCUT2D eigenvalue weighted by molar-refractivity contribution is -0.0750. The van der Waals surface area contributed by atoms with Gasteiger partial charge in [-0.2, -0.15) is 0 Å². The van der Waals surface area contributed by atoms with Gasteiger partial charge >= 0.3 is 0 Å². The topological polar surface area (TPSA) is 47.7 Å². The number of benzene rings is 1. The van der Waals surface area contributed by atoms with Gasteiger partial charge in [0.2, 0.25) is 0 Å². The molecule has 0 aliphatic carbocycles. The molecule has 21 heavy (non-hydrogen) atoms. The first-order valence-electron chi connectivity index (χ1n) is 7.97. The van der Waals surface area contributed by atoms with Crippen LogP contribution in [0.1, 0.15) is 31.2 Å². The van der Waals surface area contributed by atoms with Crippen molar-refractivity contribution in [3.63, 3.8) is 0 Å². The number of hydrogen-bond donors (Lipinski definition) is 1. The molecule has 2 saturated heterocycles. The van der Waals surface area contributed by atoms with E-state index in [1.165, 1.54) is 12.0 Å². The maximum absolute atomic E-state index is 6.21. The van der Waals surface area contributed by atoms with Crippen molar-refractivity contribution in [2.24, 2.45) is 5.73 Å². The number of nitrogens with two attached hydrogens (primary N) is 1. The predicted molar refractivity (Wildman–Crippen MR) is 83.4 cm³/mol. The Kier molecular flexibility index (Phi) is 4.48. The summed E-state index contributed by atoms with van der Waals surface area (Å²) in [6, 6.07) is 8.29. The molecule has 4 nitrogen and oxygen atoms in total. The van der Waals surface area contributed by atoms with Gasteiger partial charge in [0.25, 0.3) is 0 Å². The van der Waals surface area contributed by atoms with E-state index in [4.69, 9.17) is 15.2 Å². The molecule has 0 saturated carbocycles. The zero-order valence-corrected chi connectivity index (χ0v) is 12.9. The molecule has 2 N–H and O–H groups in total. The Balaban J connectivity index is 1.57. The van der Waals surface area contributed by atoms with Gasteiger partial charge in [0, 0.05) is 31.7 Å². The molecule has 1 spiro atoms. The van der Waals surface area contributed by atoms with Gasteiger partial charge in [0.05, 0.1) is 18.8 Å². The van der Waals surface area contributed by atoms with Gasteiger partial charge in [-0.25, -0.2) is 0 Å². The zero-order chi connectivity index (χ0) is 14.7. The largest absolute Gasteiger partial charge is 0.496 e. The average Bonchev–Trinajstić information content (AvgIpc) is 2.94. The van der Waals surface area contributed by atoms with Gasteiger partial charge < -0.3 is 15.2 Å². The first-order chi connectivity index (χ1) is 10.2. The van der Waals surface area contributed by atoms with Crippen molar-refractivity contribution in [1.82, 2.24) is 4.90 Å². The van der Waals surface area contributed by atoms with E-state index in [1.54, 1.807) is 7.11 Å². The summed E-state index contributed by atoms with van der Waals surface area (Å²) in [5.41, 5.74) is 7.12. The van der Waals surface area contributed by atoms with Crippen LogP contribution in [0.5, 0.6) is 5.75 Å². The summed E-state index contributed by atoms with van der Waals surface area (Å²) in [5.74, 6) is 0.984. The number of para-hydroxylation sites is 1. The van der Waals surface area contributed by atoms with Crippen molar-refractivity contribution in [1.29, 1.82) is 0 Å². The van der Waals surface area contributed by atoms with Crippen molar-refractivity contribution < 1.29 is 9.47 Å². The van der Waals surface area contributed by atoms with Crippen molar-refractivity contribution >= 4 is 0 Å². The van der Waals surface area contributed by atoms with Gasteiger partial charge in [0.15, 0.2) is 0 Å². The number of nitrogens with zero attached hydrogens (tertiary/aromatic N) is 1. The smallest absolute Gasteiger partial charge is 0.123 e. The Hall–Kier alpha value is -1.10. The Morgan fingerprint density at radius 1 is 1.29 bits per heavy atom. The number of ether oxygens (including phenoxy) is 2. The monoisotopic (exact) mass is 290 g/mol. The van der Waals surface area contributed by atoms with Crippen LogP contribution in [-0.4, -0.2) is 43.3 Å². The fourth-order valence-electron chi connectivity index (χ4n) is 3.62. The SMILES string of the molecule is COc1ccccc1CN1CCC2(CC[C@H](CN)O2)CC1. The minimum Gasteiger partial charge on any atom is -0.496 e. The Morgan fingerprint density at radius 3 is 2.71 bits per heavy atom. The van der Waals surface area contributed by atoms with Crippen LogP contribution in [0.3, 0.4) is 0 Å². The first-order valence-corrected chi connectivity index (χ1v) is 7.97. The third kappa shape index (κ3) is 3.23. The highest BCUT2D eigenvalue weighted by Gasteiger charge is 2.41. The molecule has 116 valence electrons. The molecular formula is C17H26N2O2. The lowest BCUT2D eigenvalue weighted by atomic mass is 9.88. The van der Waals surface area contributed by atoms with Gasteiger partial charge in [-0.15, -0.1) is 0 Å². The number of hydrogen-bond acceptors (Lipinski definition) is 4. The molecule has 0 bridgehead atoms. The highest BCUT2D eigenvalue weighted by atomic mass is 16.5. The average molecular weight is 290 g/mol. The fraction of sp³-hybridized carbons (Fsp3) is 0.647. The molecule has 2 fully saturated rings. The second kappa shape index (κ2) is 6.34. The molecule has 2 heterocycles. The van der Waals surface area contributed by atoms with Crippen molar-refractivity contribution in [2.75, 3.05) is 26.7 Å². The predicted octanol–water partition coefficient (Wildman–Crippen LogP) is 2.17. The maximum Gasteiger partial charge on any atom is 0.123 e. The lowest BCUT2D eigenvalue weighted by Crippen LogP contribution is -2.44. The van der Waals surface area contributed by atoms with E-state index in [0.717, 1.165) is 44.6 Å². The van der Waals surface area contributed by atoms with Crippen LogP contribution in [0.2, 0.25) is 0 Å². The summed E-state index contributed by atoms with van der Waals surface area (Å²) >= 11 is 0. The number of methoxy groups -OCH3 is 1. The van der Waals surface area contributed by atoms with E-state index < -0.39 is 0 Å². The van der Waals surface area contributed by atoms with Gasteiger partial charge in [-0.3, -0.25) is 4.90 Å². The van der Waals surface area contributed by atoms with Crippen LogP contribution >= 0.6 is 0 Å². The second-order valence-corrected chi connectivity index (χ2v) is 6.29. The molecule has 0 aromatic heterocycles. The standard InChI is InChI=1S/C17H26N2O2/c1-20-16-5-3-2-4-14(16)13-19-10-8-17(9-11-19)7-6-15(12-18)21-17/h2-5,15H,6-13,18H2,1H3/t15-/m1/s1. The molecule has 1 aromatic carbocycles. The third-order valence-electron chi connectivity index (χ3n) is 4.96. The fourth-order valence-corrected chi connectivity index (χ4v) is 3.62. The maximum atomic E-state index is 6.21. The summed E-state index contributed by atoms with van der Waals surface area (Å²) in [4.78, 5) is 2.50. The quantitative estimate of drug-likeness (QED) is 0.923. The lowest BCUT2D eigenvalue weighted by Gasteiger charge is -2.39. The number of likely N-dealkylation sites (tertiary alicyclic amines) is 1. The second-order valence-electron chi connectivity index (χ2n) is 6.29. The zero-order valence-electron chi connectivity index (χ0n) is 12.9. The van der Waals surface area contributed by atoms with E-state index in [0.29, 0.717) is 6.54 Å². The molecule has 0 amide bonds. The molecule has 3 rings (SSSR count). The normalized spacial score (nSPS) is 25.3. The highest BCUT2D eigenvalue weighted by molar-refractivity contribution is 5.33. The van der Waals surface area contributed by atoms with Gasteiger partial charge in [-0.1, -0.05) is 18.2 Å². The Morgan fingerprint density at radius 2 is 2.05 bits per heavy atom. The van der Waals surface area contributed by atoms with Crippen molar-refractivity contribution in [3.8, 4) is 5.75 Å². The van der Waals surface area contributed by atoms with Crippen molar-refractivity contribution in [2.45, 2.75) is 43.9 Å². The molecule has 1 aromatic rings. The van der Waals surface area contributed by atoms with E-state index >= 15 is 0 Å².